The van der Waals surface area contributed by atoms with Crippen molar-refractivity contribution >= 4 is 0 Å². The van der Waals surface area contributed by atoms with E-state index in [2.05, 4.69) is 9.97 Å². The summed E-state index contributed by atoms with van der Waals surface area (Å²) in [6, 6.07) is 0. The zero-order valence-corrected chi connectivity index (χ0v) is 7.12. The van der Waals surface area contributed by atoms with Crippen molar-refractivity contribution in [3.05, 3.63) is 23.3 Å². The number of hydrogen-bond donors (Lipinski definition) is 1. The van der Waals surface area contributed by atoms with Gasteiger partial charge < -0.3 is 5.11 Å². The third-order valence-corrected chi connectivity index (χ3v) is 2.41. The molecule has 3 heteroatoms. The molecule has 0 amide bonds. The van der Waals surface area contributed by atoms with E-state index in [-0.39, 0.29) is 6.10 Å². The molecule has 3 nitrogen and oxygen atoms in total. The maximum atomic E-state index is 9.39. The normalized spacial score (nSPS) is 22.0. The lowest BCUT2D eigenvalue weighted by atomic mass is 9.93. The summed E-state index contributed by atoms with van der Waals surface area (Å²) in [5.74, 6) is 0. The third-order valence-electron chi connectivity index (χ3n) is 2.41. The van der Waals surface area contributed by atoms with Crippen LogP contribution in [0, 0.1) is 6.92 Å². The van der Waals surface area contributed by atoms with E-state index in [0.29, 0.717) is 6.42 Å². The van der Waals surface area contributed by atoms with E-state index in [1.165, 1.54) is 5.56 Å². The molecule has 0 spiro atoms. The van der Waals surface area contributed by atoms with Gasteiger partial charge in [0, 0.05) is 17.8 Å². The Bertz CT molecular complexity index is 299. The molecule has 1 aliphatic rings. The Balaban J connectivity index is 2.42. The molecule has 1 aromatic rings. The monoisotopic (exact) mass is 164 g/mol. The van der Waals surface area contributed by atoms with Crippen LogP contribution in [0.5, 0.6) is 0 Å². The van der Waals surface area contributed by atoms with Crippen molar-refractivity contribution in [1.82, 2.24) is 9.97 Å². The van der Waals surface area contributed by atoms with Crippen molar-refractivity contribution in [1.29, 1.82) is 0 Å². The first kappa shape index (κ1) is 7.68. The molecule has 0 fully saturated rings. The van der Waals surface area contributed by atoms with Crippen LogP contribution in [0.2, 0.25) is 0 Å². The predicted molar refractivity (Wildman–Crippen MR) is 44.8 cm³/mol. The molecular weight excluding hydrogens is 152 g/mol. The van der Waals surface area contributed by atoms with E-state index in [9.17, 15) is 5.11 Å². The average molecular weight is 164 g/mol. The van der Waals surface area contributed by atoms with Crippen LogP contribution in [0.3, 0.4) is 0 Å². The molecular formula is C9H12N2O. The molecule has 12 heavy (non-hydrogen) atoms. The second-order valence-electron chi connectivity index (χ2n) is 3.28. The third kappa shape index (κ3) is 1.20. The molecule has 0 saturated heterocycles. The Kier molecular flexibility index (Phi) is 1.81. The summed E-state index contributed by atoms with van der Waals surface area (Å²) in [6.45, 7) is 2.00. The first-order chi connectivity index (χ1) is 5.77. The van der Waals surface area contributed by atoms with Crippen LogP contribution >= 0.6 is 0 Å². The molecule has 1 aromatic heterocycles. The molecule has 1 aliphatic carbocycles. The Morgan fingerprint density at radius 1 is 1.50 bits per heavy atom. The van der Waals surface area contributed by atoms with Gasteiger partial charge in [0.1, 0.15) is 6.33 Å². The minimum atomic E-state index is -0.202. The summed E-state index contributed by atoms with van der Waals surface area (Å²) in [6.07, 6.45) is 3.83. The maximum absolute atomic E-state index is 9.39. The van der Waals surface area contributed by atoms with Crippen LogP contribution in [-0.2, 0) is 12.8 Å². The second kappa shape index (κ2) is 2.83. The Labute approximate surface area is 71.5 Å². The maximum Gasteiger partial charge on any atom is 0.115 e. The SMILES string of the molecule is Cc1ncnc2c1CCC(O)C2. The summed E-state index contributed by atoms with van der Waals surface area (Å²) in [4.78, 5) is 8.28. The number of aromatic nitrogens is 2. The highest BCUT2D eigenvalue weighted by Crippen LogP contribution is 2.20. The number of fused-ring (bicyclic) bond motifs is 1. The predicted octanol–water partition coefficient (Wildman–Crippen LogP) is 0.635. The van der Waals surface area contributed by atoms with Crippen LogP contribution in [0.15, 0.2) is 6.33 Å². The summed E-state index contributed by atoms with van der Waals surface area (Å²) in [5, 5.41) is 9.39. The van der Waals surface area contributed by atoms with Gasteiger partial charge in [-0.15, -0.1) is 0 Å². The number of hydrogen-bond acceptors (Lipinski definition) is 3. The van der Waals surface area contributed by atoms with Crippen molar-refractivity contribution < 1.29 is 5.11 Å². The van der Waals surface area contributed by atoms with E-state index < -0.39 is 0 Å². The van der Waals surface area contributed by atoms with Gasteiger partial charge >= 0.3 is 0 Å². The summed E-state index contributed by atoms with van der Waals surface area (Å²) >= 11 is 0. The summed E-state index contributed by atoms with van der Waals surface area (Å²) in [7, 11) is 0. The number of aryl methyl sites for hydroxylation is 1. The highest BCUT2D eigenvalue weighted by molar-refractivity contribution is 5.26. The van der Waals surface area contributed by atoms with Gasteiger partial charge in [0.15, 0.2) is 0 Å². The van der Waals surface area contributed by atoms with Crippen LogP contribution in [0.4, 0.5) is 0 Å². The van der Waals surface area contributed by atoms with Crippen molar-refractivity contribution in [2.75, 3.05) is 0 Å². The molecule has 0 aliphatic heterocycles. The average Bonchev–Trinajstić information content (AvgIpc) is 2.04. The van der Waals surface area contributed by atoms with Gasteiger partial charge in [-0.25, -0.2) is 9.97 Å². The van der Waals surface area contributed by atoms with E-state index in [1.807, 2.05) is 6.92 Å². The molecule has 0 saturated carbocycles. The van der Waals surface area contributed by atoms with Gasteiger partial charge in [0.05, 0.1) is 6.10 Å². The van der Waals surface area contributed by atoms with Crippen LogP contribution in [0.25, 0.3) is 0 Å². The zero-order chi connectivity index (χ0) is 8.55. The van der Waals surface area contributed by atoms with Gasteiger partial charge in [-0.2, -0.15) is 0 Å². The Morgan fingerprint density at radius 2 is 2.33 bits per heavy atom. The fraction of sp³-hybridized carbons (Fsp3) is 0.556. The van der Waals surface area contributed by atoms with Crippen LogP contribution in [0.1, 0.15) is 23.4 Å². The highest BCUT2D eigenvalue weighted by atomic mass is 16.3. The second-order valence-corrected chi connectivity index (χ2v) is 3.28. The lowest BCUT2D eigenvalue weighted by Gasteiger charge is -2.19. The first-order valence-electron chi connectivity index (χ1n) is 4.25. The van der Waals surface area contributed by atoms with Gasteiger partial charge in [-0.1, -0.05) is 0 Å². The topological polar surface area (TPSA) is 46.0 Å². The van der Waals surface area contributed by atoms with Crippen molar-refractivity contribution in [2.24, 2.45) is 0 Å². The summed E-state index contributed by atoms with van der Waals surface area (Å²) in [5.41, 5.74) is 3.33. The molecule has 0 aromatic carbocycles. The Morgan fingerprint density at radius 3 is 3.17 bits per heavy atom. The van der Waals surface area contributed by atoms with Crippen molar-refractivity contribution in [2.45, 2.75) is 32.3 Å². The largest absolute Gasteiger partial charge is 0.393 e. The van der Waals surface area contributed by atoms with Gasteiger partial charge in [0.2, 0.25) is 0 Å². The Hall–Kier alpha value is -0.960. The smallest absolute Gasteiger partial charge is 0.115 e. The van der Waals surface area contributed by atoms with Gasteiger partial charge in [-0.3, -0.25) is 0 Å². The first-order valence-corrected chi connectivity index (χ1v) is 4.25. The standard InChI is InChI=1S/C9H12N2O/c1-6-8-3-2-7(12)4-9(8)11-5-10-6/h5,7,12H,2-4H2,1H3. The lowest BCUT2D eigenvalue weighted by molar-refractivity contribution is 0.156. The fourth-order valence-electron chi connectivity index (χ4n) is 1.69. The molecule has 1 heterocycles. The van der Waals surface area contributed by atoms with Crippen molar-refractivity contribution in [3.63, 3.8) is 0 Å². The quantitative estimate of drug-likeness (QED) is 0.612. The van der Waals surface area contributed by atoms with Crippen LogP contribution < -0.4 is 0 Å². The minimum Gasteiger partial charge on any atom is -0.393 e. The highest BCUT2D eigenvalue weighted by Gasteiger charge is 2.18. The van der Waals surface area contributed by atoms with E-state index in [0.717, 1.165) is 24.2 Å². The molecule has 0 radical (unpaired) electrons. The van der Waals surface area contributed by atoms with Gasteiger partial charge in [0.25, 0.3) is 0 Å². The number of aliphatic hydroxyl groups excluding tert-OH is 1. The fourth-order valence-corrected chi connectivity index (χ4v) is 1.69. The molecule has 2 rings (SSSR count). The molecule has 1 unspecified atom stereocenters. The van der Waals surface area contributed by atoms with Crippen molar-refractivity contribution in [3.8, 4) is 0 Å². The number of aliphatic hydroxyl groups is 1. The zero-order valence-electron chi connectivity index (χ0n) is 7.12. The van der Waals surface area contributed by atoms with Crippen LogP contribution in [-0.4, -0.2) is 21.2 Å². The number of rotatable bonds is 0. The van der Waals surface area contributed by atoms with E-state index in [4.69, 9.17) is 0 Å². The molecule has 64 valence electrons. The summed E-state index contributed by atoms with van der Waals surface area (Å²) < 4.78 is 0. The molecule has 0 bridgehead atoms. The lowest BCUT2D eigenvalue weighted by Crippen LogP contribution is -2.21. The molecule has 1 N–H and O–H groups in total. The van der Waals surface area contributed by atoms with E-state index >= 15 is 0 Å². The minimum absolute atomic E-state index is 0.202. The van der Waals surface area contributed by atoms with Gasteiger partial charge in [-0.05, 0) is 25.3 Å². The number of nitrogens with zero attached hydrogens (tertiary/aromatic N) is 2. The van der Waals surface area contributed by atoms with E-state index in [1.54, 1.807) is 6.33 Å². The molecule has 1 atom stereocenters.